The summed E-state index contributed by atoms with van der Waals surface area (Å²) in [6, 6.07) is 0. The van der Waals surface area contributed by atoms with E-state index in [1.165, 1.54) is 0 Å². The third kappa shape index (κ3) is 4.91. The zero-order valence-electron chi connectivity index (χ0n) is 9.80. The van der Waals surface area contributed by atoms with E-state index in [2.05, 4.69) is 19.2 Å². The van der Waals surface area contributed by atoms with Gasteiger partial charge < -0.3 is 20.5 Å². The van der Waals surface area contributed by atoms with E-state index < -0.39 is 0 Å². The molecule has 0 aromatic heterocycles. The van der Waals surface area contributed by atoms with Gasteiger partial charge >= 0.3 is 0 Å². The highest BCUT2D eigenvalue weighted by atomic mass is 16.7. The molecule has 0 spiro atoms. The first kappa shape index (κ1) is 13.8. The van der Waals surface area contributed by atoms with Gasteiger partial charge in [-0.05, 0) is 19.9 Å². The molecule has 0 fully saturated rings. The lowest BCUT2D eigenvalue weighted by Crippen LogP contribution is -2.51. The van der Waals surface area contributed by atoms with Crippen LogP contribution in [0.2, 0.25) is 0 Å². The van der Waals surface area contributed by atoms with Gasteiger partial charge in [0.2, 0.25) is 0 Å². The molecule has 0 amide bonds. The van der Waals surface area contributed by atoms with E-state index in [0.29, 0.717) is 6.54 Å². The van der Waals surface area contributed by atoms with Crippen molar-refractivity contribution in [3.8, 4) is 0 Å². The van der Waals surface area contributed by atoms with E-state index in [4.69, 9.17) is 15.2 Å². The Balaban J connectivity index is 4.07. The summed E-state index contributed by atoms with van der Waals surface area (Å²) in [6.07, 6.45) is 1.67. The van der Waals surface area contributed by atoms with Gasteiger partial charge in [-0.25, -0.2) is 0 Å². The molecule has 0 aromatic carbocycles. The molecular weight excluding hydrogens is 180 g/mol. The van der Waals surface area contributed by atoms with E-state index >= 15 is 0 Å². The number of hydrogen-bond acceptors (Lipinski definition) is 4. The average molecular weight is 204 g/mol. The quantitative estimate of drug-likeness (QED) is 0.572. The van der Waals surface area contributed by atoms with Crippen LogP contribution in [0.15, 0.2) is 0 Å². The number of nitrogens with one attached hydrogen (secondary N) is 1. The van der Waals surface area contributed by atoms with Gasteiger partial charge in [-0.15, -0.1) is 0 Å². The summed E-state index contributed by atoms with van der Waals surface area (Å²) in [6.45, 7) is 5.77. The highest BCUT2D eigenvalue weighted by Gasteiger charge is 2.25. The fraction of sp³-hybridized carbons (Fsp3) is 1.00. The second-order valence-corrected chi connectivity index (χ2v) is 3.80. The standard InChI is InChI=1S/C10H24N2O2/c1-5-6-12-10(2,8-11)7-9(13-3)14-4/h9,12H,5-8,11H2,1-4H3. The molecule has 86 valence electrons. The zero-order valence-corrected chi connectivity index (χ0v) is 9.80. The second-order valence-electron chi connectivity index (χ2n) is 3.80. The summed E-state index contributed by atoms with van der Waals surface area (Å²) in [5, 5.41) is 3.41. The Morgan fingerprint density at radius 2 is 1.93 bits per heavy atom. The molecule has 4 heteroatoms. The Hall–Kier alpha value is -0.160. The molecule has 1 atom stereocenters. The van der Waals surface area contributed by atoms with Gasteiger partial charge in [0.15, 0.2) is 6.29 Å². The molecule has 0 aliphatic heterocycles. The van der Waals surface area contributed by atoms with Gasteiger partial charge in [0.1, 0.15) is 0 Å². The van der Waals surface area contributed by atoms with Crippen LogP contribution >= 0.6 is 0 Å². The maximum atomic E-state index is 5.73. The molecule has 0 aromatic rings. The summed E-state index contributed by atoms with van der Waals surface area (Å²) >= 11 is 0. The van der Waals surface area contributed by atoms with E-state index in [1.807, 2.05) is 0 Å². The van der Waals surface area contributed by atoms with Crippen LogP contribution in [0.3, 0.4) is 0 Å². The summed E-state index contributed by atoms with van der Waals surface area (Å²) in [4.78, 5) is 0. The Morgan fingerprint density at radius 3 is 2.29 bits per heavy atom. The predicted octanol–water partition coefficient (Wildman–Crippen LogP) is 0.712. The SMILES string of the molecule is CCCNC(C)(CN)CC(OC)OC. The van der Waals surface area contributed by atoms with Crippen molar-refractivity contribution < 1.29 is 9.47 Å². The van der Waals surface area contributed by atoms with Crippen LogP contribution in [0.5, 0.6) is 0 Å². The minimum Gasteiger partial charge on any atom is -0.356 e. The van der Waals surface area contributed by atoms with Gasteiger partial charge in [-0.3, -0.25) is 0 Å². The second kappa shape index (κ2) is 7.17. The zero-order chi connectivity index (χ0) is 11.0. The predicted molar refractivity (Wildman–Crippen MR) is 58.2 cm³/mol. The van der Waals surface area contributed by atoms with Crippen molar-refractivity contribution in [2.45, 2.75) is 38.5 Å². The van der Waals surface area contributed by atoms with Gasteiger partial charge in [0.25, 0.3) is 0 Å². The minimum atomic E-state index is -0.187. The number of methoxy groups -OCH3 is 2. The Bertz CT molecular complexity index is 140. The van der Waals surface area contributed by atoms with Crippen molar-refractivity contribution in [3.63, 3.8) is 0 Å². The molecule has 4 nitrogen and oxygen atoms in total. The van der Waals surface area contributed by atoms with Gasteiger partial charge in [-0.2, -0.15) is 0 Å². The smallest absolute Gasteiger partial charge is 0.158 e. The Morgan fingerprint density at radius 1 is 1.36 bits per heavy atom. The van der Waals surface area contributed by atoms with Crippen LogP contribution in [0.1, 0.15) is 26.7 Å². The highest BCUT2D eigenvalue weighted by Crippen LogP contribution is 2.13. The summed E-state index contributed by atoms with van der Waals surface area (Å²) in [5.41, 5.74) is 5.63. The van der Waals surface area contributed by atoms with Crippen LogP contribution in [0, 0.1) is 0 Å². The molecule has 3 N–H and O–H groups in total. The lowest BCUT2D eigenvalue weighted by molar-refractivity contribution is -0.117. The lowest BCUT2D eigenvalue weighted by Gasteiger charge is -2.32. The third-order valence-electron chi connectivity index (χ3n) is 2.40. The Kier molecular flexibility index (Phi) is 7.09. The first-order chi connectivity index (χ1) is 6.61. The van der Waals surface area contributed by atoms with Gasteiger partial charge in [0.05, 0.1) is 0 Å². The maximum absolute atomic E-state index is 5.73. The summed E-state index contributed by atoms with van der Waals surface area (Å²) in [7, 11) is 3.29. The fourth-order valence-corrected chi connectivity index (χ4v) is 1.29. The summed E-state index contributed by atoms with van der Waals surface area (Å²) in [5.74, 6) is 0. The van der Waals surface area contributed by atoms with Crippen LogP contribution in [-0.4, -0.2) is 39.1 Å². The fourth-order valence-electron chi connectivity index (χ4n) is 1.29. The minimum absolute atomic E-state index is 0.104. The lowest BCUT2D eigenvalue weighted by atomic mass is 9.97. The molecule has 0 aliphatic carbocycles. The van der Waals surface area contributed by atoms with Crippen LogP contribution in [0.25, 0.3) is 0 Å². The van der Waals surface area contributed by atoms with E-state index in [9.17, 15) is 0 Å². The van der Waals surface area contributed by atoms with Crippen molar-refractivity contribution >= 4 is 0 Å². The summed E-state index contributed by atoms with van der Waals surface area (Å²) < 4.78 is 10.3. The number of ether oxygens (including phenoxy) is 2. The third-order valence-corrected chi connectivity index (χ3v) is 2.40. The molecule has 0 aliphatic rings. The van der Waals surface area contributed by atoms with Crippen molar-refractivity contribution in [2.24, 2.45) is 5.73 Å². The molecule has 0 heterocycles. The molecule has 0 rings (SSSR count). The molecule has 1 unspecified atom stereocenters. The first-order valence-corrected chi connectivity index (χ1v) is 5.12. The largest absolute Gasteiger partial charge is 0.356 e. The molecule has 0 saturated heterocycles. The van der Waals surface area contributed by atoms with E-state index in [1.54, 1.807) is 14.2 Å². The molecule has 0 bridgehead atoms. The highest BCUT2D eigenvalue weighted by molar-refractivity contribution is 4.85. The van der Waals surface area contributed by atoms with Gasteiger partial charge in [0, 0.05) is 32.7 Å². The van der Waals surface area contributed by atoms with Crippen LogP contribution < -0.4 is 11.1 Å². The Labute approximate surface area is 87.1 Å². The van der Waals surface area contributed by atoms with E-state index in [0.717, 1.165) is 19.4 Å². The molecule has 0 radical (unpaired) electrons. The van der Waals surface area contributed by atoms with Crippen LogP contribution in [0.4, 0.5) is 0 Å². The molecule has 14 heavy (non-hydrogen) atoms. The number of hydrogen-bond donors (Lipinski definition) is 2. The monoisotopic (exact) mass is 204 g/mol. The van der Waals surface area contributed by atoms with Crippen molar-refractivity contribution in [2.75, 3.05) is 27.3 Å². The number of nitrogens with two attached hydrogens (primary N) is 1. The first-order valence-electron chi connectivity index (χ1n) is 5.12. The van der Waals surface area contributed by atoms with Gasteiger partial charge in [-0.1, -0.05) is 6.92 Å². The molecule has 0 saturated carbocycles. The van der Waals surface area contributed by atoms with Crippen molar-refractivity contribution in [1.29, 1.82) is 0 Å². The van der Waals surface area contributed by atoms with E-state index in [-0.39, 0.29) is 11.8 Å². The van der Waals surface area contributed by atoms with Crippen molar-refractivity contribution in [3.05, 3.63) is 0 Å². The van der Waals surface area contributed by atoms with Crippen LogP contribution in [-0.2, 0) is 9.47 Å². The van der Waals surface area contributed by atoms with Crippen molar-refractivity contribution in [1.82, 2.24) is 5.32 Å². The average Bonchev–Trinajstić information content (AvgIpc) is 2.23. The topological polar surface area (TPSA) is 56.5 Å². The maximum Gasteiger partial charge on any atom is 0.158 e. The normalized spacial score (nSPS) is 15.9. The molecular formula is C10H24N2O2. The number of rotatable bonds is 8.